The van der Waals surface area contributed by atoms with E-state index in [9.17, 15) is 8.42 Å². The molecule has 2 aromatic carbocycles. The summed E-state index contributed by atoms with van der Waals surface area (Å²) in [6.07, 6.45) is 0. The number of hydrogen-bond acceptors (Lipinski definition) is 6. The number of hydrogen-bond donors (Lipinski definition) is 1. The van der Waals surface area contributed by atoms with Crippen molar-refractivity contribution in [1.82, 2.24) is 10.2 Å². The zero-order chi connectivity index (χ0) is 19.4. The van der Waals surface area contributed by atoms with Crippen LogP contribution in [0.25, 0.3) is 0 Å². The number of nitrogens with zero attached hydrogens (tertiary/aromatic N) is 2. The van der Waals surface area contributed by atoms with Crippen LogP contribution in [-0.4, -0.2) is 25.7 Å². The van der Waals surface area contributed by atoms with Crippen molar-refractivity contribution in [2.75, 3.05) is 12.4 Å². The van der Waals surface area contributed by atoms with Crippen molar-refractivity contribution in [2.24, 2.45) is 0 Å². The molecule has 27 heavy (non-hydrogen) atoms. The Hall–Kier alpha value is -2.93. The molecular formula is C20H21N3O3S. The molecule has 0 unspecified atom stereocenters. The highest BCUT2D eigenvalue weighted by molar-refractivity contribution is 7.91. The molecule has 0 aliphatic carbocycles. The Kier molecular flexibility index (Phi) is 5.41. The van der Waals surface area contributed by atoms with Crippen LogP contribution in [0.3, 0.4) is 0 Å². The summed E-state index contributed by atoms with van der Waals surface area (Å²) in [7, 11) is -2.08. The second-order valence-electron chi connectivity index (χ2n) is 6.17. The molecule has 1 N–H and O–H groups in total. The van der Waals surface area contributed by atoms with Gasteiger partial charge in [-0.15, -0.1) is 10.2 Å². The van der Waals surface area contributed by atoms with Crippen molar-refractivity contribution in [3.63, 3.8) is 0 Å². The molecule has 1 aromatic heterocycles. The highest BCUT2D eigenvalue weighted by Crippen LogP contribution is 2.22. The summed E-state index contributed by atoms with van der Waals surface area (Å²) in [4.78, 5) is 0.217. The van der Waals surface area contributed by atoms with Gasteiger partial charge < -0.3 is 10.1 Å². The number of ether oxygens (including phenoxy) is 1. The van der Waals surface area contributed by atoms with Crippen molar-refractivity contribution in [3.05, 3.63) is 71.3 Å². The Morgan fingerprint density at radius 2 is 1.74 bits per heavy atom. The largest absolute Gasteiger partial charge is 0.496 e. The third-order valence-electron chi connectivity index (χ3n) is 4.36. The summed E-state index contributed by atoms with van der Waals surface area (Å²) in [6, 6.07) is 15.7. The molecule has 6 nitrogen and oxygen atoms in total. The summed E-state index contributed by atoms with van der Waals surface area (Å²) < 4.78 is 30.8. The number of methoxy groups -OCH3 is 1. The summed E-state index contributed by atoms with van der Waals surface area (Å²) >= 11 is 0. The van der Waals surface area contributed by atoms with Crippen molar-refractivity contribution in [1.29, 1.82) is 0 Å². The maximum absolute atomic E-state index is 12.7. The number of nitrogens with one attached hydrogen (secondary N) is 1. The lowest BCUT2D eigenvalue weighted by molar-refractivity contribution is 0.410. The first-order chi connectivity index (χ1) is 12.9. The van der Waals surface area contributed by atoms with E-state index >= 15 is 0 Å². The Labute approximate surface area is 159 Å². The average molecular weight is 383 g/mol. The Bertz CT molecular complexity index is 1050. The van der Waals surface area contributed by atoms with Gasteiger partial charge in [-0.3, -0.25) is 0 Å². The van der Waals surface area contributed by atoms with Gasteiger partial charge in [0.1, 0.15) is 11.6 Å². The molecule has 140 valence electrons. The summed E-state index contributed by atoms with van der Waals surface area (Å²) in [5.41, 5.74) is 2.92. The number of para-hydroxylation sites is 1. The molecule has 0 aliphatic rings. The van der Waals surface area contributed by atoms with Crippen LogP contribution in [0.15, 0.2) is 64.5 Å². The third-order valence-corrected chi connectivity index (χ3v) is 6.00. The molecule has 0 fully saturated rings. The Balaban J connectivity index is 1.77. The van der Waals surface area contributed by atoms with Crippen LogP contribution in [0.4, 0.5) is 5.82 Å². The van der Waals surface area contributed by atoms with Crippen LogP contribution < -0.4 is 10.1 Å². The van der Waals surface area contributed by atoms with Crippen molar-refractivity contribution in [2.45, 2.75) is 30.3 Å². The molecule has 0 amide bonds. The lowest BCUT2D eigenvalue weighted by atomic mass is 10.1. The standard InChI is InChI=1S/C20H21N3O3S/c1-14-8-9-17(12-15(14)2)27(24,25)20-11-10-19(22-23-20)21-13-16-6-4-5-7-18(16)26-3/h4-12H,13H2,1-3H3,(H,21,22). The SMILES string of the molecule is COc1ccccc1CNc1ccc(S(=O)(=O)c2ccc(C)c(C)c2)nn1. The predicted molar refractivity (Wildman–Crippen MR) is 104 cm³/mol. The molecule has 1 heterocycles. The maximum atomic E-state index is 12.7. The van der Waals surface area contributed by atoms with E-state index in [1.165, 1.54) is 6.07 Å². The Morgan fingerprint density at radius 1 is 0.963 bits per heavy atom. The summed E-state index contributed by atoms with van der Waals surface area (Å²) in [6.45, 7) is 4.31. The molecule has 0 bridgehead atoms. The zero-order valence-electron chi connectivity index (χ0n) is 15.4. The molecule has 0 saturated heterocycles. The monoisotopic (exact) mass is 383 g/mol. The molecule has 0 saturated carbocycles. The summed E-state index contributed by atoms with van der Waals surface area (Å²) in [5.74, 6) is 1.26. The first-order valence-electron chi connectivity index (χ1n) is 8.43. The van der Waals surface area contributed by atoms with Gasteiger partial charge in [0.05, 0.1) is 12.0 Å². The van der Waals surface area contributed by atoms with Gasteiger partial charge in [0.25, 0.3) is 0 Å². The maximum Gasteiger partial charge on any atom is 0.225 e. The van der Waals surface area contributed by atoms with Crippen LogP contribution in [0.1, 0.15) is 16.7 Å². The molecule has 0 atom stereocenters. The fourth-order valence-electron chi connectivity index (χ4n) is 2.59. The second kappa shape index (κ2) is 7.75. The topological polar surface area (TPSA) is 81.2 Å². The van der Waals surface area contributed by atoms with Crippen molar-refractivity contribution >= 4 is 15.7 Å². The first kappa shape index (κ1) is 18.8. The van der Waals surface area contributed by atoms with E-state index in [1.807, 2.05) is 38.1 Å². The fourth-order valence-corrected chi connectivity index (χ4v) is 3.81. The van der Waals surface area contributed by atoms with Gasteiger partial charge in [0, 0.05) is 12.1 Å². The number of benzene rings is 2. The van der Waals surface area contributed by atoms with Gasteiger partial charge in [-0.2, -0.15) is 0 Å². The summed E-state index contributed by atoms with van der Waals surface area (Å²) in [5, 5.41) is 10.9. The van der Waals surface area contributed by atoms with Crippen LogP contribution >= 0.6 is 0 Å². The quantitative estimate of drug-likeness (QED) is 0.701. The van der Waals surface area contributed by atoms with Crippen LogP contribution in [0.5, 0.6) is 5.75 Å². The van der Waals surface area contributed by atoms with E-state index in [4.69, 9.17) is 4.74 Å². The molecule has 0 aliphatic heterocycles. The normalized spacial score (nSPS) is 11.2. The van der Waals surface area contributed by atoms with E-state index in [2.05, 4.69) is 15.5 Å². The Morgan fingerprint density at radius 3 is 2.41 bits per heavy atom. The van der Waals surface area contributed by atoms with E-state index in [0.29, 0.717) is 12.4 Å². The van der Waals surface area contributed by atoms with E-state index in [0.717, 1.165) is 22.4 Å². The number of aryl methyl sites for hydroxylation is 2. The fraction of sp³-hybridized carbons (Fsp3) is 0.200. The zero-order valence-corrected chi connectivity index (χ0v) is 16.2. The van der Waals surface area contributed by atoms with Gasteiger partial charge in [-0.25, -0.2) is 8.42 Å². The van der Waals surface area contributed by atoms with Gasteiger partial charge in [-0.05, 0) is 55.3 Å². The highest BCUT2D eigenvalue weighted by Gasteiger charge is 2.20. The smallest absolute Gasteiger partial charge is 0.225 e. The minimum atomic E-state index is -3.69. The van der Waals surface area contributed by atoms with Crippen molar-refractivity contribution in [3.8, 4) is 5.75 Å². The first-order valence-corrected chi connectivity index (χ1v) is 9.92. The van der Waals surface area contributed by atoms with E-state index < -0.39 is 9.84 Å². The minimum Gasteiger partial charge on any atom is -0.496 e. The molecular weight excluding hydrogens is 362 g/mol. The average Bonchev–Trinajstić information content (AvgIpc) is 2.69. The predicted octanol–water partition coefficient (Wildman–Crippen LogP) is 3.55. The third kappa shape index (κ3) is 4.09. The number of aromatic nitrogens is 2. The van der Waals surface area contributed by atoms with Crippen LogP contribution in [0.2, 0.25) is 0 Å². The molecule has 0 spiro atoms. The lowest BCUT2D eigenvalue weighted by Gasteiger charge is -2.10. The van der Waals surface area contributed by atoms with Crippen LogP contribution in [0, 0.1) is 13.8 Å². The van der Waals surface area contributed by atoms with E-state index in [-0.39, 0.29) is 9.92 Å². The molecule has 7 heteroatoms. The second-order valence-corrected chi connectivity index (χ2v) is 8.07. The lowest BCUT2D eigenvalue weighted by Crippen LogP contribution is -2.08. The minimum absolute atomic E-state index is 0.0754. The van der Waals surface area contributed by atoms with Gasteiger partial charge in [0.15, 0.2) is 5.03 Å². The van der Waals surface area contributed by atoms with Crippen LogP contribution in [-0.2, 0) is 16.4 Å². The van der Waals surface area contributed by atoms with Gasteiger partial charge >= 0.3 is 0 Å². The molecule has 3 rings (SSSR count). The number of rotatable bonds is 6. The van der Waals surface area contributed by atoms with Gasteiger partial charge in [0.2, 0.25) is 9.84 Å². The van der Waals surface area contributed by atoms with Crippen molar-refractivity contribution < 1.29 is 13.2 Å². The molecule has 3 aromatic rings. The van der Waals surface area contributed by atoms with E-state index in [1.54, 1.807) is 31.4 Å². The number of sulfone groups is 1. The highest BCUT2D eigenvalue weighted by atomic mass is 32.2. The molecule has 0 radical (unpaired) electrons. The number of anilines is 1. The van der Waals surface area contributed by atoms with Gasteiger partial charge in [-0.1, -0.05) is 24.3 Å².